The number of carbonyl (C=O) groups is 2. The second-order valence-electron chi connectivity index (χ2n) is 11.4. The number of aliphatic hydroxyl groups is 2. The lowest BCUT2D eigenvalue weighted by Crippen LogP contribution is -2.59. The van der Waals surface area contributed by atoms with Crippen LogP contribution in [0.2, 0.25) is 0 Å². The first kappa shape index (κ1) is 23.5. The molecule has 2 saturated carbocycles. The van der Waals surface area contributed by atoms with Crippen LogP contribution in [0.15, 0.2) is 53.6 Å². The van der Waals surface area contributed by atoms with E-state index in [1.807, 2.05) is 19.1 Å². The molecule has 0 amide bonds. The zero-order valence-electron chi connectivity index (χ0n) is 20.4. The molecule has 4 aliphatic rings. The maximum Gasteiger partial charge on any atom is 0.338 e. The van der Waals surface area contributed by atoms with Gasteiger partial charge in [-0.15, -0.1) is 0 Å². The summed E-state index contributed by atoms with van der Waals surface area (Å²) in [6.07, 6.45) is 7.87. The largest absolute Gasteiger partial charge is 0.459 e. The predicted molar refractivity (Wildman–Crippen MR) is 129 cm³/mol. The van der Waals surface area contributed by atoms with E-state index >= 15 is 0 Å². The quantitative estimate of drug-likeness (QED) is 0.501. The van der Waals surface area contributed by atoms with Crippen LogP contribution in [0, 0.1) is 28.6 Å². The number of hydrogen-bond acceptors (Lipinski definition) is 5. The molecule has 7 atom stereocenters. The average Bonchev–Trinajstić information content (AvgIpc) is 3.05. The number of fused-ring (bicyclic) bond motifs is 5. The topological polar surface area (TPSA) is 83.8 Å². The summed E-state index contributed by atoms with van der Waals surface area (Å²) in [7, 11) is 0. The van der Waals surface area contributed by atoms with Crippen molar-refractivity contribution in [1.29, 1.82) is 0 Å². The number of aliphatic hydroxyl groups excluding tert-OH is 1. The molecule has 2 unspecified atom stereocenters. The fourth-order valence-corrected chi connectivity index (χ4v) is 7.88. The van der Waals surface area contributed by atoms with Crippen LogP contribution in [0.25, 0.3) is 0 Å². The molecule has 5 rings (SSSR count). The van der Waals surface area contributed by atoms with Crippen molar-refractivity contribution in [3.63, 3.8) is 0 Å². The highest BCUT2D eigenvalue weighted by molar-refractivity contribution is 5.92. The molecule has 0 aliphatic heterocycles. The molecule has 0 saturated heterocycles. The molecule has 34 heavy (non-hydrogen) atoms. The Morgan fingerprint density at radius 2 is 1.94 bits per heavy atom. The van der Waals surface area contributed by atoms with Crippen molar-refractivity contribution < 1.29 is 24.5 Å². The molecule has 2 fully saturated rings. The van der Waals surface area contributed by atoms with Crippen LogP contribution in [-0.4, -0.2) is 40.3 Å². The van der Waals surface area contributed by atoms with Crippen LogP contribution in [-0.2, 0) is 9.53 Å². The Balaban J connectivity index is 1.40. The van der Waals surface area contributed by atoms with Gasteiger partial charge in [-0.1, -0.05) is 56.2 Å². The molecule has 2 N–H and O–H groups in total. The van der Waals surface area contributed by atoms with E-state index in [-0.39, 0.29) is 29.6 Å². The Hall–Kier alpha value is -2.24. The van der Waals surface area contributed by atoms with Gasteiger partial charge in [0, 0.05) is 17.3 Å². The lowest BCUT2D eigenvalue weighted by atomic mass is 9.50. The van der Waals surface area contributed by atoms with Crippen LogP contribution in [0.1, 0.15) is 69.7 Å². The molecule has 0 radical (unpaired) electrons. The molecule has 182 valence electrons. The third-order valence-corrected chi connectivity index (χ3v) is 9.89. The van der Waals surface area contributed by atoms with Crippen LogP contribution >= 0.6 is 0 Å². The highest BCUT2D eigenvalue weighted by Crippen LogP contribution is 2.67. The van der Waals surface area contributed by atoms with Crippen LogP contribution in [0.4, 0.5) is 0 Å². The second-order valence-corrected chi connectivity index (χ2v) is 11.4. The number of ketones is 1. The molecular weight excluding hydrogens is 428 g/mol. The Bertz CT molecular complexity index is 1060. The fraction of sp³-hybridized carbons (Fsp3) is 0.586. The highest BCUT2D eigenvalue weighted by Gasteiger charge is 2.67. The molecule has 0 heterocycles. The van der Waals surface area contributed by atoms with Gasteiger partial charge in [-0.3, -0.25) is 4.79 Å². The Morgan fingerprint density at radius 3 is 2.68 bits per heavy atom. The lowest BCUT2D eigenvalue weighted by molar-refractivity contribution is -0.181. The van der Waals surface area contributed by atoms with Crippen molar-refractivity contribution in [2.75, 3.05) is 6.61 Å². The van der Waals surface area contributed by atoms with E-state index in [4.69, 9.17) is 4.74 Å². The summed E-state index contributed by atoms with van der Waals surface area (Å²) >= 11 is 0. The second kappa shape index (κ2) is 8.17. The van der Waals surface area contributed by atoms with E-state index < -0.39 is 23.1 Å². The van der Waals surface area contributed by atoms with E-state index in [0.29, 0.717) is 24.3 Å². The summed E-state index contributed by atoms with van der Waals surface area (Å²) < 4.78 is 5.44. The van der Waals surface area contributed by atoms with E-state index in [0.717, 1.165) is 25.7 Å². The van der Waals surface area contributed by atoms with E-state index in [1.54, 1.807) is 24.3 Å². The summed E-state index contributed by atoms with van der Waals surface area (Å²) in [5.41, 5.74) is 1.20. The molecule has 1 aromatic carbocycles. The molecule has 0 bridgehead atoms. The third kappa shape index (κ3) is 3.27. The maximum absolute atomic E-state index is 12.4. The summed E-state index contributed by atoms with van der Waals surface area (Å²) in [6, 6.07) is 8.72. The van der Waals surface area contributed by atoms with Gasteiger partial charge in [0.1, 0.15) is 18.3 Å². The molecule has 0 aromatic heterocycles. The van der Waals surface area contributed by atoms with Gasteiger partial charge in [-0.25, -0.2) is 4.79 Å². The molecule has 0 spiro atoms. The smallest absolute Gasteiger partial charge is 0.338 e. The van der Waals surface area contributed by atoms with Crippen molar-refractivity contribution in [3.8, 4) is 0 Å². The molecular formula is C29H36O5. The minimum Gasteiger partial charge on any atom is -0.459 e. The van der Waals surface area contributed by atoms with E-state index in [2.05, 4.69) is 19.9 Å². The van der Waals surface area contributed by atoms with Gasteiger partial charge in [-0.2, -0.15) is 0 Å². The zero-order valence-corrected chi connectivity index (χ0v) is 20.4. The van der Waals surface area contributed by atoms with Gasteiger partial charge in [0.2, 0.25) is 0 Å². The number of benzene rings is 1. The standard InChI is InChI=1S/C29H36O5/c1-18-15-24-22-10-9-20-16-21(30)11-13-27(20,2)23(22)12-14-28(24,3)29(18,33)25(31)17-34-26(32)19-7-5-4-6-8-19/h4-8,12,16,18,22,24-25,31,33H,9-11,13-15,17H2,1-3H3/t18?,22-,24+,25?,27+,28+,29+/m1/s1. The van der Waals surface area contributed by atoms with Crippen molar-refractivity contribution in [2.45, 2.75) is 71.0 Å². The predicted octanol–water partition coefficient (Wildman–Crippen LogP) is 4.63. The van der Waals surface area contributed by atoms with Crippen molar-refractivity contribution in [2.24, 2.45) is 28.6 Å². The van der Waals surface area contributed by atoms with Crippen LogP contribution < -0.4 is 0 Å². The minimum atomic E-state index is -1.35. The first-order chi connectivity index (χ1) is 16.1. The van der Waals surface area contributed by atoms with Gasteiger partial charge >= 0.3 is 5.97 Å². The Kier molecular flexibility index (Phi) is 5.64. The first-order valence-corrected chi connectivity index (χ1v) is 12.7. The van der Waals surface area contributed by atoms with Gasteiger partial charge in [0.25, 0.3) is 0 Å². The van der Waals surface area contributed by atoms with Crippen molar-refractivity contribution in [1.82, 2.24) is 0 Å². The van der Waals surface area contributed by atoms with E-state index in [1.165, 1.54) is 11.1 Å². The zero-order chi connectivity index (χ0) is 24.3. The van der Waals surface area contributed by atoms with Gasteiger partial charge in [0.05, 0.1) is 5.56 Å². The third-order valence-electron chi connectivity index (χ3n) is 9.89. The maximum atomic E-state index is 12.4. The van der Waals surface area contributed by atoms with Crippen LogP contribution in [0.3, 0.4) is 0 Å². The molecule has 4 aliphatic carbocycles. The summed E-state index contributed by atoms with van der Waals surface area (Å²) in [5.74, 6) is 0.197. The molecule has 5 heteroatoms. The molecule has 1 aromatic rings. The van der Waals surface area contributed by atoms with Gasteiger partial charge < -0.3 is 14.9 Å². The molecule has 5 nitrogen and oxygen atoms in total. The van der Waals surface area contributed by atoms with Crippen LogP contribution in [0.5, 0.6) is 0 Å². The number of hydrogen-bond donors (Lipinski definition) is 2. The lowest BCUT2D eigenvalue weighted by Gasteiger charge is -2.55. The minimum absolute atomic E-state index is 0.0636. The number of rotatable bonds is 4. The number of allylic oxidation sites excluding steroid dienone is 4. The fourth-order valence-electron chi connectivity index (χ4n) is 7.88. The first-order valence-electron chi connectivity index (χ1n) is 12.7. The SMILES string of the molecule is CC1C[C@H]2[C@@H]3CCC4=CC(=O)CC[C@]4(C)C3=CC[C@]2(C)[C@@]1(O)C(O)COC(=O)c1ccccc1. The normalized spacial score (nSPS) is 39.8. The summed E-state index contributed by atoms with van der Waals surface area (Å²) in [5, 5.41) is 23.3. The highest BCUT2D eigenvalue weighted by atomic mass is 16.5. The van der Waals surface area contributed by atoms with Gasteiger partial charge in [-0.05, 0) is 68.1 Å². The Labute approximate surface area is 201 Å². The van der Waals surface area contributed by atoms with Crippen molar-refractivity contribution in [3.05, 3.63) is 59.2 Å². The van der Waals surface area contributed by atoms with Crippen molar-refractivity contribution >= 4 is 11.8 Å². The van der Waals surface area contributed by atoms with Gasteiger partial charge in [0.15, 0.2) is 5.78 Å². The Morgan fingerprint density at radius 1 is 1.21 bits per heavy atom. The number of ether oxygens (including phenoxy) is 1. The summed E-state index contributed by atoms with van der Waals surface area (Å²) in [4.78, 5) is 24.5. The average molecular weight is 465 g/mol. The summed E-state index contributed by atoms with van der Waals surface area (Å²) in [6.45, 7) is 6.18. The number of carbonyl (C=O) groups excluding carboxylic acids is 2. The van der Waals surface area contributed by atoms with E-state index in [9.17, 15) is 19.8 Å². The number of esters is 1. The monoisotopic (exact) mass is 464 g/mol.